The van der Waals surface area contributed by atoms with Gasteiger partial charge >= 0.3 is 0 Å². The summed E-state index contributed by atoms with van der Waals surface area (Å²) in [6, 6.07) is 14.2. The summed E-state index contributed by atoms with van der Waals surface area (Å²) in [6.45, 7) is 3.90. The molecule has 0 bridgehead atoms. The number of benzene rings is 1. The summed E-state index contributed by atoms with van der Waals surface area (Å²) in [6.07, 6.45) is 7.08. The predicted octanol–water partition coefficient (Wildman–Crippen LogP) is 2.94. The lowest BCUT2D eigenvalue weighted by Gasteiger charge is -2.34. The van der Waals surface area contributed by atoms with Crippen molar-refractivity contribution in [3.63, 3.8) is 0 Å². The van der Waals surface area contributed by atoms with Crippen LogP contribution in [0.5, 0.6) is 0 Å². The summed E-state index contributed by atoms with van der Waals surface area (Å²) < 4.78 is 0. The molecule has 1 saturated heterocycles. The molecule has 0 radical (unpaired) electrons. The number of hydrogen-bond donors (Lipinski definition) is 1. The van der Waals surface area contributed by atoms with Gasteiger partial charge in [-0.2, -0.15) is 0 Å². The Morgan fingerprint density at radius 3 is 2.63 bits per heavy atom. The molecule has 0 saturated carbocycles. The average molecular weight is 367 g/mol. The van der Waals surface area contributed by atoms with E-state index in [1.54, 1.807) is 6.20 Å². The minimum absolute atomic E-state index is 0.217. The van der Waals surface area contributed by atoms with Gasteiger partial charge in [0, 0.05) is 37.7 Å². The molecule has 1 aliphatic rings. The number of likely N-dealkylation sites (tertiary alicyclic amines) is 1. The molecule has 2 heterocycles. The van der Waals surface area contributed by atoms with Gasteiger partial charge in [0.1, 0.15) is 0 Å². The average Bonchev–Trinajstić information content (AvgIpc) is 2.73. The van der Waals surface area contributed by atoms with Crippen LogP contribution in [0, 0.1) is 5.92 Å². The van der Waals surface area contributed by atoms with Crippen molar-refractivity contribution in [3.05, 3.63) is 60.4 Å². The number of rotatable bonds is 8. The highest BCUT2D eigenvalue weighted by molar-refractivity contribution is 5.81. The van der Waals surface area contributed by atoms with Gasteiger partial charge in [0.2, 0.25) is 5.91 Å². The van der Waals surface area contributed by atoms with Crippen molar-refractivity contribution in [2.75, 3.05) is 38.1 Å². The Balaban J connectivity index is 1.61. The quantitative estimate of drug-likeness (QED) is 0.780. The van der Waals surface area contributed by atoms with Crippen molar-refractivity contribution >= 4 is 11.6 Å². The maximum Gasteiger partial charge on any atom is 0.242 e. The molecule has 144 valence electrons. The molecule has 0 spiro atoms. The molecule has 1 N–H and O–H groups in total. The molecule has 27 heavy (non-hydrogen) atoms. The number of anilines is 1. The number of para-hydroxylation sites is 1. The van der Waals surface area contributed by atoms with Gasteiger partial charge < -0.3 is 15.1 Å². The molecular weight excluding hydrogens is 336 g/mol. The number of aromatic nitrogens is 1. The van der Waals surface area contributed by atoms with Crippen LogP contribution in [0.3, 0.4) is 0 Å². The topological polar surface area (TPSA) is 48.5 Å². The fourth-order valence-electron chi connectivity index (χ4n) is 3.67. The van der Waals surface area contributed by atoms with E-state index >= 15 is 0 Å². The fourth-order valence-corrected chi connectivity index (χ4v) is 3.67. The number of nitrogens with one attached hydrogen (secondary N) is 1. The summed E-state index contributed by atoms with van der Waals surface area (Å²) in [5.74, 6) is 0.955. The molecule has 1 fully saturated rings. The number of nitrogens with zero attached hydrogens (tertiary/aromatic N) is 3. The van der Waals surface area contributed by atoms with Crippen LogP contribution < -0.4 is 10.2 Å². The van der Waals surface area contributed by atoms with Gasteiger partial charge in [-0.15, -0.1) is 0 Å². The highest BCUT2D eigenvalue weighted by Gasteiger charge is 2.24. The van der Waals surface area contributed by atoms with Crippen molar-refractivity contribution in [2.45, 2.75) is 25.8 Å². The highest BCUT2D eigenvalue weighted by Crippen LogP contribution is 2.21. The molecule has 1 aliphatic heterocycles. The first-order chi connectivity index (χ1) is 13.3. The van der Waals surface area contributed by atoms with Gasteiger partial charge in [-0.25, -0.2) is 0 Å². The number of piperidine rings is 1. The number of amides is 1. The second-order valence-corrected chi connectivity index (χ2v) is 7.27. The lowest BCUT2D eigenvalue weighted by molar-refractivity contribution is -0.131. The molecule has 1 aromatic heterocycles. The van der Waals surface area contributed by atoms with E-state index in [1.165, 1.54) is 6.42 Å². The second kappa shape index (κ2) is 10.1. The third-order valence-electron chi connectivity index (χ3n) is 5.31. The van der Waals surface area contributed by atoms with Gasteiger partial charge in [-0.1, -0.05) is 24.3 Å². The van der Waals surface area contributed by atoms with Gasteiger partial charge in [-0.3, -0.25) is 9.78 Å². The smallest absolute Gasteiger partial charge is 0.242 e. The Bertz CT molecular complexity index is 684. The highest BCUT2D eigenvalue weighted by atomic mass is 16.2. The molecule has 3 rings (SSSR count). The number of hydrogen-bond acceptors (Lipinski definition) is 4. The van der Waals surface area contributed by atoms with Crippen LogP contribution in [0.4, 0.5) is 5.69 Å². The van der Waals surface area contributed by atoms with E-state index in [9.17, 15) is 4.79 Å². The van der Waals surface area contributed by atoms with E-state index in [1.807, 2.05) is 42.4 Å². The molecule has 0 atom stereocenters. The Morgan fingerprint density at radius 2 is 1.96 bits per heavy atom. The van der Waals surface area contributed by atoms with Crippen molar-refractivity contribution in [1.82, 2.24) is 15.2 Å². The summed E-state index contributed by atoms with van der Waals surface area (Å²) in [5.41, 5.74) is 2.18. The van der Waals surface area contributed by atoms with Crippen molar-refractivity contribution in [1.29, 1.82) is 0 Å². The van der Waals surface area contributed by atoms with E-state index < -0.39 is 0 Å². The molecule has 1 aromatic carbocycles. The van der Waals surface area contributed by atoms with Crippen LogP contribution in [-0.4, -0.2) is 49.0 Å². The van der Waals surface area contributed by atoms with Crippen LogP contribution >= 0.6 is 0 Å². The Kier molecular flexibility index (Phi) is 7.22. The third-order valence-corrected chi connectivity index (χ3v) is 5.31. The Morgan fingerprint density at radius 1 is 1.19 bits per heavy atom. The monoisotopic (exact) mass is 366 g/mol. The zero-order chi connectivity index (χ0) is 18.9. The maximum absolute atomic E-state index is 12.9. The first kappa shape index (κ1) is 19.4. The minimum Gasteiger partial charge on any atom is -0.358 e. The van der Waals surface area contributed by atoms with E-state index in [0.717, 1.165) is 49.6 Å². The lowest BCUT2D eigenvalue weighted by Crippen LogP contribution is -2.44. The maximum atomic E-state index is 12.9. The van der Waals surface area contributed by atoms with Crippen molar-refractivity contribution in [2.24, 2.45) is 5.92 Å². The Hall–Kier alpha value is -2.40. The predicted molar refractivity (Wildman–Crippen MR) is 110 cm³/mol. The summed E-state index contributed by atoms with van der Waals surface area (Å²) in [4.78, 5) is 21.3. The zero-order valence-electron chi connectivity index (χ0n) is 16.2. The largest absolute Gasteiger partial charge is 0.358 e. The normalized spacial score (nSPS) is 14.9. The molecule has 0 aliphatic carbocycles. The first-order valence-corrected chi connectivity index (χ1v) is 9.87. The molecule has 5 heteroatoms. The first-order valence-electron chi connectivity index (χ1n) is 9.87. The van der Waals surface area contributed by atoms with Crippen LogP contribution in [0.2, 0.25) is 0 Å². The minimum atomic E-state index is 0.217. The van der Waals surface area contributed by atoms with Gasteiger partial charge in [0.15, 0.2) is 0 Å². The summed E-state index contributed by atoms with van der Waals surface area (Å²) in [5, 5.41) is 3.22. The lowest BCUT2D eigenvalue weighted by atomic mass is 9.93. The summed E-state index contributed by atoms with van der Waals surface area (Å²) in [7, 11) is 2.00. The Labute approximate surface area is 162 Å². The van der Waals surface area contributed by atoms with E-state index in [-0.39, 0.29) is 5.91 Å². The standard InChI is InChI=1S/C22H30N4O/c1-23-13-9-19-10-14-25(15-11-19)22(27)18-26(21-7-3-2-4-8-21)17-20-6-5-12-24-16-20/h2-8,12,16,19,23H,9-11,13-15,17-18H2,1H3. The van der Waals surface area contributed by atoms with Gasteiger partial charge in [0.25, 0.3) is 0 Å². The molecular formula is C22H30N4O. The van der Waals surface area contributed by atoms with Gasteiger partial charge in [0.05, 0.1) is 6.54 Å². The molecule has 2 aromatic rings. The van der Waals surface area contributed by atoms with E-state index in [0.29, 0.717) is 13.1 Å². The fraction of sp³-hybridized carbons (Fsp3) is 0.455. The van der Waals surface area contributed by atoms with Crippen LogP contribution in [0.25, 0.3) is 0 Å². The number of carbonyl (C=O) groups is 1. The SMILES string of the molecule is CNCCC1CCN(C(=O)CN(Cc2cccnc2)c2ccccc2)CC1. The van der Waals surface area contributed by atoms with Crippen LogP contribution in [0.15, 0.2) is 54.9 Å². The number of pyridine rings is 1. The molecule has 0 unspecified atom stereocenters. The zero-order valence-corrected chi connectivity index (χ0v) is 16.2. The second-order valence-electron chi connectivity index (χ2n) is 7.27. The van der Waals surface area contributed by atoms with Crippen molar-refractivity contribution in [3.8, 4) is 0 Å². The van der Waals surface area contributed by atoms with Crippen LogP contribution in [0.1, 0.15) is 24.8 Å². The third kappa shape index (κ3) is 5.79. The van der Waals surface area contributed by atoms with E-state index in [2.05, 4.69) is 33.4 Å². The van der Waals surface area contributed by atoms with E-state index in [4.69, 9.17) is 0 Å². The molecule has 5 nitrogen and oxygen atoms in total. The van der Waals surface area contributed by atoms with Crippen molar-refractivity contribution < 1.29 is 4.79 Å². The number of carbonyl (C=O) groups excluding carboxylic acids is 1. The summed E-state index contributed by atoms with van der Waals surface area (Å²) >= 11 is 0. The molecule has 1 amide bonds. The van der Waals surface area contributed by atoms with Crippen LogP contribution in [-0.2, 0) is 11.3 Å². The van der Waals surface area contributed by atoms with Gasteiger partial charge in [-0.05, 0) is 62.5 Å².